The maximum atomic E-state index is 12.4. The third kappa shape index (κ3) is 2.90. The third-order valence-corrected chi connectivity index (χ3v) is 3.52. The molecule has 1 heterocycles. The minimum absolute atomic E-state index is 0.0546. The van der Waals surface area contributed by atoms with Crippen LogP contribution in [-0.2, 0) is 11.2 Å². The first kappa shape index (κ1) is 13.6. The molecule has 0 bridgehead atoms. The Labute approximate surface area is 126 Å². The van der Waals surface area contributed by atoms with Crippen LogP contribution in [0.4, 0.5) is 5.69 Å². The lowest BCUT2D eigenvalue weighted by atomic mass is 10.0. The Morgan fingerprint density at radius 1 is 1.24 bits per heavy atom. The molecule has 4 nitrogen and oxygen atoms in total. The zero-order chi connectivity index (χ0) is 14.8. The van der Waals surface area contributed by atoms with E-state index in [9.17, 15) is 9.59 Å². The maximum absolute atomic E-state index is 12.4. The summed E-state index contributed by atoms with van der Waals surface area (Å²) in [6.45, 7) is -0.0546. The van der Waals surface area contributed by atoms with Gasteiger partial charge in [-0.2, -0.15) is 0 Å². The average Bonchev–Trinajstić information content (AvgIpc) is 2.47. The largest absolute Gasteiger partial charge is 0.482 e. The van der Waals surface area contributed by atoms with E-state index in [-0.39, 0.29) is 24.7 Å². The van der Waals surface area contributed by atoms with Gasteiger partial charge in [0.25, 0.3) is 5.91 Å². The van der Waals surface area contributed by atoms with Gasteiger partial charge in [0.05, 0.1) is 10.7 Å². The van der Waals surface area contributed by atoms with Gasteiger partial charge < -0.3 is 10.1 Å². The number of carbonyl (C=O) groups excluding carboxylic acids is 2. The highest BCUT2D eigenvalue weighted by Gasteiger charge is 2.20. The molecule has 0 aromatic heterocycles. The molecule has 21 heavy (non-hydrogen) atoms. The molecule has 1 aliphatic rings. The Kier molecular flexibility index (Phi) is 3.62. The van der Waals surface area contributed by atoms with Gasteiger partial charge in [0, 0.05) is 12.0 Å². The zero-order valence-electron chi connectivity index (χ0n) is 11.1. The van der Waals surface area contributed by atoms with Crippen LogP contribution in [0.3, 0.4) is 0 Å². The number of rotatable bonds is 3. The standard InChI is InChI=1S/C16H12ClNO3/c17-12-8-13-15(21-9-16(20)18-13)7-11(12)14(19)6-10-4-2-1-3-5-10/h1-5,7-8H,6,9H2,(H,18,20). The number of hydrogen-bond acceptors (Lipinski definition) is 3. The first-order valence-electron chi connectivity index (χ1n) is 6.47. The van der Waals surface area contributed by atoms with Gasteiger partial charge in [-0.05, 0) is 17.7 Å². The summed E-state index contributed by atoms with van der Waals surface area (Å²) in [4.78, 5) is 23.6. The molecule has 0 fully saturated rings. The van der Waals surface area contributed by atoms with Crippen molar-refractivity contribution in [1.29, 1.82) is 0 Å². The second-order valence-electron chi connectivity index (χ2n) is 4.75. The van der Waals surface area contributed by atoms with Crippen molar-refractivity contribution in [3.63, 3.8) is 0 Å². The monoisotopic (exact) mass is 301 g/mol. The number of hydrogen-bond donors (Lipinski definition) is 1. The Balaban J connectivity index is 1.88. The molecule has 5 heteroatoms. The number of ether oxygens (including phenoxy) is 1. The molecule has 3 rings (SSSR count). The van der Waals surface area contributed by atoms with E-state index in [4.69, 9.17) is 16.3 Å². The van der Waals surface area contributed by atoms with E-state index in [0.717, 1.165) is 5.56 Å². The second kappa shape index (κ2) is 5.58. The smallest absolute Gasteiger partial charge is 0.262 e. The molecule has 0 spiro atoms. The van der Waals surface area contributed by atoms with Crippen LogP contribution in [0.5, 0.6) is 5.75 Å². The van der Waals surface area contributed by atoms with Crippen molar-refractivity contribution < 1.29 is 14.3 Å². The summed E-state index contributed by atoms with van der Waals surface area (Å²) in [6.07, 6.45) is 0.270. The SMILES string of the molecule is O=C1COc2cc(C(=O)Cc3ccccc3)c(Cl)cc2N1. The normalized spacial score (nSPS) is 13.1. The molecule has 1 aliphatic heterocycles. The lowest BCUT2D eigenvalue weighted by Crippen LogP contribution is -2.25. The molecule has 1 N–H and O–H groups in total. The molecular weight excluding hydrogens is 290 g/mol. The molecule has 0 saturated carbocycles. The van der Waals surface area contributed by atoms with E-state index in [0.29, 0.717) is 22.0 Å². The van der Waals surface area contributed by atoms with Crippen LogP contribution >= 0.6 is 11.6 Å². The summed E-state index contributed by atoms with van der Waals surface area (Å²) < 4.78 is 5.31. The molecule has 0 atom stereocenters. The quantitative estimate of drug-likeness (QED) is 0.886. The molecule has 0 unspecified atom stereocenters. The lowest BCUT2D eigenvalue weighted by Gasteiger charge is -2.19. The summed E-state index contributed by atoms with van der Waals surface area (Å²) in [5.74, 6) is 0.145. The van der Waals surface area contributed by atoms with E-state index in [2.05, 4.69) is 5.32 Å². The van der Waals surface area contributed by atoms with Crippen LogP contribution in [0.15, 0.2) is 42.5 Å². The minimum Gasteiger partial charge on any atom is -0.482 e. The number of amides is 1. The van der Waals surface area contributed by atoms with Crippen molar-refractivity contribution in [3.05, 3.63) is 58.6 Å². The lowest BCUT2D eigenvalue weighted by molar-refractivity contribution is -0.118. The van der Waals surface area contributed by atoms with Gasteiger partial charge in [0.2, 0.25) is 0 Å². The number of nitrogens with one attached hydrogen (secondary N) is 1. The number of anilines is 1. The summed E-state index contributed by atoms with van der Waals surface area (Å²) >= 11 is 6.14. The Bertz CT molecular complexity index is 713. The summed E-state index contributed by atoms with van der Waals surface area (Å²) in [5.41, 5.74) is 1.81. The highest BCUT2D eigenvalue weighted by atomic mass is 35.5. The number of carbonyl (C=O) groups is 2. The van der Waals surface area contributed by atoms with Gasteiger partial charge >= 0.3 is 0 Å². The number of ketones is 1. The number of benzene rings is 2. The van der Waals surface area contributed by atoms with Crippen LogP contribution in [0.1, 0.15) is 15.9 Å². The van der Waals surface area contributed by atoms with E-state index >= 15 is 0 Å². The van der Waals surface area contributed by atoms with E-state index in [1.165, 1.54) is 0 Å². The van der Waals surface area contributed by atoms with E-state index < -0.39 is 0 Å². The fraction of sp³-hybridized carbons (Fsp3) is 0.125. The van der Waals surface area contributed by atoms with Crippen molar-refractivity contribution in [2.45, 2.75) is 6.42 Å². The molecule has 0 saturated heterocycles. The highest BCUT2D eigenvalue weighted by molar-refractivity contribution is 6.34. The van der Waals surface area contributed by atoms with Gasteiger partial charge in [-0.3, -0.25) is 9.59 Å². The number of fused-ring (bicyclic) bond motifs is 1. The fourth-order valence-electron chi connectivity index (χ4n) is 2.19. The van der Waals surface area contributed by atoms with Crippen LogP contribution in [0.2, 0.25) is 5.02 Å². The Hall–Kier alpha value is -2.33. The van der Waals surface area contributed by atoms with Crippen molar-refractivity contribution in [3.8, 4) is 5.75 Å². The fourth-order valence-corrected chi connectivity index (χ4v) is 2.46. The van der Waals surface area contributed by atoms with Crippen molar-refractivity contribution in [2.75, 3.05) is 11.9 Å². The van der Waals surface area contributed by atoms with E-state index in [1.54, 1.807) is 12.1 Å². The molecule has 2 aromatic carbocycles. The van der Waals surface area contributed by atoms with Crippen LogP contribution in [0.25, 0.3) is 0 Å². The van der Waals surface area contributed by atoms with Crippen LogP contribution in [-0.4, -0.2) is 18.3 Å². The number of Topliss-reactive ketones (excluding diaryl/α,β-unsaturated/α-hetero) is 1. The van der Waals surface area contributed by atoms with Gasteiger partial charge in [0.1, 0.15) is 5.75 Å². The zero-order valence-corrected chi connectivity index (χ0v) is 11.8. The molecule has 0 radical (unpaired) electrons. The molecule has 2 aromatic rings. The molecule has 1 amide bonds. The van der Waals surface area contributed by atoms with Crippen LogP contribution in [0, 0.1) is 0 Å². The Morgan fingerprint density at radius 2 is 2.00 bits per heavy atom. The first-order valence-corrected chi connectivity index (χ1v) is 6.84. The van der Waals surface area contributed by atoms with Crippen molar-refractivity contribution in [2.24, 2.45) is 0 Å². The topological polar surface area (TPSA) is 55.4 Å². The van der Waals surface area contributed by atoms with E-state index in [1.807, 2.05) is 30.3 Å². The number of halogens is 1. The van der Waals surface area contributed by atoms with Gasteiger partial charge in [-0.1, -0.05) is 41.9 Å². The molecule has 106 valence electrons. The summed E-state index contributed by atoms with van der Waals surface area (Å²) in [5, 5.41) is 2.96. The van der Waals surface area contributed by atoms with Gasteiger partial charge in [-0.25, -0.2) is 0 Å². The Morgan fingerprint density at radius 3 is 2.76 bits per heavy atom. The summed E-state index contributed by atoms with van der Waals surface area (Å²) in [6, 6.07) is 12.6. The van der Waals surface area contributed by atoms with Crippen molar-refractivity contribution >= 4 is 29.0 Å². The highest BCUT2D eigenvalue weighted by Crippen LogP contribution is 2.34. The average molecular weight is 302 g/mol. The third-order valence-electron chi connectivity index (χ3n) is 3.21. The van der Waals surface area contributed by atoms with Gasteiger partial charge in [-0.15, -0.1) is 0 Å². The first-order chi connectivity index (χ1) is 10.1. The predicted octanol–water partition coefficient (Wildman–Crippen LogP) is 3.10. The maximum Gasteiger partial charge on any atom is 0.262 e. The van der Waals surface area contributed by atoms with Gasteiger partial charge in [0.15, 0.2) is 12.4 Å². The molecule has 0 aliphatic carbocycles. The second-order valence-corrected chi connectivity index (χ2v) is 5.16. The minimum atomic E-state index is -0.234. The van der Waals surface area contributed by atoms with Crippen molar-refractivity contribution in [1.82, 2.24) is 0 Å². The predicted molar refractivity (Wildman–Crippen MR) is 80.1 cm³/mol. The molecular formula is C16H12ClNO3. The van der Waals surface area contributed by atoms with Crippen LogP contribution < -0.4 is 10.1 Å². The summed E-state index contributed by atoms with van der Waals surface area (Å²) in [7, 11) is 0.